The molecule has 1 aliphatic heterocycles. The Morgan fingerprint density at radius 3 is 3.00 bits per heavy atom. The van der Waals surface area contributed by atoms with E-state index < -0.39 is 0 Å². The van der Waals surface area contributed by atoms with Crippen LogP contribution in [0.25, 0.3) is 0 Å². The summed E-state index contributed by atoms with van der Waals surface area (Å²) >= 11 is 6.02. The molecule has 20 heavy (non-hydrogen) atoms. The SMILES string of the molecule is CCNc1cc(C(=O)N2CCCCCC2C)cc(Cl)n1. The molecule has 1 saturated heterocycles. The van der Waals surface area contributed by atoms with Crippen molar-refractivity contribution in [2.45, 2.75) is 45.6 Å². The van der Waals surface area contributed by atoms with Crippen LogP contribution in [0.2, 0.25) is 5.15 Å². The zero-order valence-electron chi connectivity index (χ0n) is 12.2. The zero-order valence-corrected chi connectivity index (χ0v) is 12.9. The highest BCUT2D eigenvalue weighted by Crippen LogP contribution is 2.21. The maximum atomic E-state index is 12.7. The van der Waals surface area contributed by atoms with E-state index in [2.05, 4.69) is 17.2 Å². The number of likely N-dealkylation sites (tertiary alicyclic amines) is 1. The largest absolute Gasteiger partial charge is 0.370 e. The van der Waals surface area contributed by atoms with Crippen LogP contribution in [0.5, 0.6) is 0 Å². The number of anilines is 1. The Hall–Kier alpha value is -1.29. The van der Waals surface area contributed by atoms with Crippen molar-refractivity contribution in [3.05, 3.63) is 22.8 Å². The quantitative estimate of drug-likeness (QED) is 0.867. The van der Waals surface area contributed by atoms with Gasteiger partial charge in [-0.3, -0.25) is 4.79 Å². The Kier molecular flexibility index (Phi) is 5.24. The molecule has 4 nitrogen and oxygen atoms in total. The van der Waals surface area contributed by atoms with Crippen LogP contribution in [0.1, 0.15) is 49.9 Å². The van der Waals surface area contributed by atoms with Crippen molar-refractivity contribution in [2.24, 2.45) is 0 Å². The van der Waals surface area contributed by atoms with Crippen LogP contribution in [0, 0.1) is 0 Å². The molecule has 110 valence electrons. The van der Waals surface area contributed by atoms with E-state index in [1.807, 2.05) is 11.8 Å². The van der Waals surface area contributed by atoms with E-state index in [-0.39, 0.29) is 5.91 Å². The summed E-state index contributed by atoms with van der Waals surface area (Å²) in [6.45, 7) is 5.69. The minimum atomic E-state index is 0.0582. The molecule has 0 aromatic carbocycles. The third-order valence-electron chi connectivity index (χ3n) is 3.71. The molecule has 2 heterocycles. The average molecular weight is 296 g/mol. The topological polar surface area (TPSA) is 45.2 Å². The van der Waals surface area contributed by atoms with Crippen LogP contribution in [0.4, 0.5) is 5.82 Å². The lowest BCUT2D eigenvalue weighted by Gasteiger charge is -2.27. The van der Waals surface area contributed by atoms with Crippen LogP contribution >= 0.6 is 11.6 Å². The Morgan fingerprint density at radius 1 is 1.45 bits per heavy atom. The molecule has 1 fully saturated rings. The van der Waals surface area contributed by atoms with Crippen molar-refractivity contribution in [3.63, 3.8) is 0 Å². The van der Waals surface area contributed by atoms with E-state index in [4.69, 9.17) is 11.6 Å². The van der Waals surface area contributed by atoms with Crippen molar-refractivity contribution < 1.29 is 4.79 Å². The molecule has 2 rings (SSSR count). The van der Waals surface area contributed by atoms with Crippen LogP contribution in [-0.4, -0.2) is 34.9 Å². The maximum Gasteiger partial charge on any atom is 0.254 e. The molecule has 1 aromatic rings. The highest BCUT2D eigenvalue weighted by atomic mass is 35.5. The molecular weight excluding hydrogens is 274 g/mol. The molecule has 1 amide bonds. The minimum Gasteiger partial charge on any atom is -0.370 e. The average Bonchev–Trinajstić information content (AvgIpc) is 2.62. The number of hydrogen-bond acceptors (Lipinski definition) is 3. The van der Waals surface area contributed by atoms with Gasteiger partial charge in [0.05, 0.1) is 0 Å². The van der Waals surface area contributed by atoms with Gasteiger partial charge in [-0.2, -0.15) is 0 Å². The first-order valence-electron chi connectivity index (χ1n) is 7.34. The molecule has 0 spiro atoms. The van der Waals surface area contributed by atoms with Gasteiger partial charge in [-0.25, -0.2) is 4.98 Å². The Balaban J connectivity index is 2.22. The van der Waals surface area contributed by atoms with Crippen molar-refractivity contribution in [3.8, 4) is 0 Å². The molecule has 1 unspecified atom stereocenters. The molecule has 1 N–H and O–H groups in total. The van der Waals surface area contributed by atoms with E-state index in [1.54, 1.807) is 12.1 Å². The number of nitrogens with zero attached hydrogens (tertiary/aromatic N) is 2. The van der Waals surface area contributed by atoms with Gasteiger partial charge in [0.15, 0.2) is 0 Å². The van der Waals surface area contributed by atoms with E-state index in [0.717, 1.165) is 25.9 Å². The maximum absolute atomic E-state index is 12.7. The van der Waals surface area contributed by atoms with Gasteiger partial charge in [-0.15, -0.1) is 0 Å². The smallest absolute Gasteiger partial charge is 0.254 e. The number of pyridine rings is 1. The Labute approximate surface area is 125 Å². The second-order valence-corrected chi connectivity index (χ2v) is 5.68. The predicted octanol–water partition coefficient (Wildman–Crippen LogP) is 3.57. The lowest BCUT2D eigenvalue weighted by atomic mass is 10.1. The number of nitrogens with one attached hydrogen (secondary N) is 1. The predicted molar refractivity (Wildman–Crippen MR) is 82.4 cm³/mol. The van der Waals surface area contributed by atoms with Gasteiger partial charge < -0.3 is 10.2 Å². The molecule has 0 saturated carbocycles. The summed E-state index contributed by atoms with van der Waals surface area (Å²) in [5, 5.41) is 3.46. The van der Waals surface area contributed by atoms with Crippen molar-refractivity contribution in [1.82, 2.24) is 9.88 Å². The Bertz CT molecular complexity index is 478. The highest BCUT2D eigenvalue weighted by molar-refractivity contribution is 6.29. The summed E-state index contributed by atoms with van der Waals surface area (Å²) in [5.41, 5.74) is 0.620. The minimum absolute atomic E-state index is 0.0582. The van der Waals surface area contributed by atoms with Crippen molar-refractivity contribution in [2.75, 3.05) is 18.4 Å². The third kappa shape index (κ3) is 3.63. The van der Waals surface area contributed by atoms with Crippen LogP contribution in [0.15, 0.2) is 12.1 Å². The summed E-state index contributed by atoms with van der Waals surface area (Å²) in [5.74, 6) is 0.716. The summed E-state index contributed by atoms with van der Waals surface area (Å²) in [4.78, 5) is 18.8. The number of carbonyl (C=O) groups is 1. The van der Waals surface area contributed by atoms with E-state index >= 15 is 0 Å². The first kappa shape index (κ1) is 15.1. The van der Waals surface area contributed by atoms with Crippen molar-refractivity contribution in [1.29, 1.82) is 0 Å². The normalized spacial score (nSPS) is 19.6. The van der Waals surface area contributed by atoms with Gasteiger partial charge >= 0.3 is 0 Å². The van der Waals surface area contributed by atoms with E-state index in [0.29, 0.717) is 22.6 Å². The lowest BCUT2D eigenvalue weighted by Crippen LogP contribution is -2.38. The number of hydrogen-bond donors (Lipinski definition) is 1. The first-order valence-corrected chi connectivity index (χ1v) is 7.72. The fraction of sp³-hybridized carbons (Fsp3) is 0.600. The lowest BCUT2D eigenvalue weighted by molar-refractivity contribution is 0.0698. The highest BCUT2D eigenvalue weighted by Gasteiger charge is 2.23. The third-order valence-corrected chi connectivity index (χ3v) is 3.91. The second-order valence-electron chi connectivity index (χ2n) is 5.29. The number of halogens is 1. The van der Waals surface area contributed by atoms with Gasteiger partial charge in [0, 0.05) is 24.7 Å². The van der Waals surface area contributed by atoms with Crippen molar-refractivity contribution >= 4 is 23.3 Å². The monoisotopic (exact) mass is 295 g/mol. The summed E-state index contributed by atoms with van der Waals surface area (Å²) in [7, 11) is 0. The summed E-state index contributed by atoms with van der Waals surface area (Å²) < 4.78 is 0. The van der Waals surface area contributed by atoms with Crippen LogP contribution in [0.3, 0.4) is 0 Å². The van der Waals surface area contributed by atoms with Crippen LogP contribution in [-0.2, 0) is 0 Å². The van der Waals surface area contributed by atoms with Gasteiger partial charge in [0.25, 0.3) is 5.91 Å². The molecule has 0 bridgehead atoms. The molecule has 1 aromatic heterocycles. The fourth-order valence-corrected chi connectivity index (χ4v) is 2.84. The fourth-order valence-electron chi connectivity index (χ4n) is 2.63. The van der Waals surface area contributed by atoms with Gasteiger partial charge in [-0.1, -0.05) is 24.4 Å². The zero-order chi connectivity index (χ0) is 14.5. The van der Waals surface area contributed by atoms with Crippen LogP contribution < -0.4 is 5.32 Å². The molecule has 1 atom stereocenters. The molecule has 0 aliphatic carbocycles. The summed E-state index contributed by atoms with van der Waals surface area (Å²) in [6, 6.07) is 3.73. The van der Waals surface area contributed by atoms with Gasteiger partial charge in [0.2, 0.25) is 0 Å². The second kappa shape index (κ2) is 6.93. The number of amides is 1. The summed E-state index contributed by atoms with van der Waals surface area (Å²) in [6.07, 6.45) is 4.55. The van der Waals surface area contributed by atoms with E-state index in [9.17, 15) is 4.79 Å². The number of rotatable bonds is 3. The first-order chi connectivity index (χ1) is 9.61. The molecule has 5 heteroatoms. The number of aromatic nitrogens is 1. The standard InChI is InChI=1S/C15H22ClN3O/c1-3-17-14-10-12(9-13(16)18-14)15(20)19-8-6-4-5-7-11(19)2/h9-11H,3-8H2,1-2H3,(H,17,18). The van der Waals surface area contributed by atoms with E-state index in [1.165, 1.54) is 12.8 Å². The van der Waals surface area contributed by atoms with Gasteiger partial charge in [-0.05, 0) is 38.8 Å². The molecule has 0 radical (unpaired) electrons. The Morgan fingerprint density at radius 2 is 2.25 bits per heavy atom. The molecule has 1 aliphatic rings. The number of carbonyl (C=O) groups excluding carboxylic acids is 1. The molecular formula is C15H22ClN3O. The van der Waals surface area contributed by atoms with Gasteiger partial charge in [0.1, 0.15) is 11.0 Å².